The number of anilines is 1. The molecular formula is C45H36N2OZr. The molecule has 0 fully saturated rings. The van der Waals surface area contributed by atoms with Crippen LogP contribution in [0.5, 0.6) is 0 Å². The van der Waals surface area contributed by atoms with Crippen molar-refractivity contribution in [1.82, 2.24) is 4.98 Å². The number of amides is 1. The van der Waals surface area contributed by atoms with Crippen LogP contribution in [0.2, 0.25) is 0 Å². The van der Waals surface area contributed by atoms with Crippen molar-refractivity contribution in [3.05, 3.63) is 192 Å². The quantitative estimate of drug-likeness (QED) is 0.179. The summed E-state index contributed by atoms with van der Waals surface area (Å²) in [7, 11) is 0. The van der Waals surface area contributed by atoms with E-state index in [2.05, 4.69) is 102 Å². The van der Waals surface area contributed by atoms with E-state index < -0.39 is 0 Å². The number of nitrogens with one attached hydrogen (secondary N) is 1. The molecule has 0 spiro atoms. The fourth-order valence-electron chi connectivity index (χ4n) is 6.20. The molecule has 3 nitrogen and oxygen atoms in total. The summed E-state index contributed by atoms with van der Waals surface area (Å²) in [6.07, 6.45) is 0. The molecule has 0 aliphatic heterocycles. The van der Waals surface area contributed by atoms with E-state index in [0.29, 0.717) is 11.1 Å². The summed E-state index contributed by atoms with van der Waals surface area (Å²) in [6.45, 7) is 2.02. The summed E-state index contributed by atoms with van der Waals surface area (Å²) < 4.78 is 2.69. The van der Waals surface area contributed by atoms with Crippen LogP contribution in [0.3, 0.4) is 0 Å². The third-order valence-electron chi connectivity index (χ3n) is 8.75. The van der Waals surface area contributed by atoms with Gasteiger partial charge >= 0.3 is 103 Å². The second-order valence-corrected chi connectivity index (χ2v) is 15.1. The Morgan fingerprint density at radius 3 is 1.82 bits per heavy atom. The van der Waals surface area contributed by atoms with Crippen molar-refractivity contribution < 1.29 is 28.0 Å². The zero-order chi connectivity index (χ0) is 33.4. The number of para-hydroxylation sites is 1. The Bertz CT molecular complexity index is 2330. The van der Waals surface area contributed by atoms with Gasteiger partial charge in [-0.05, 0) is 40.8 Å². The summed E-state index contributed by atoms with van der Waals surface area (Å²) in [5.74, 6) is -0.160. The number of hydrogen-bond acceptors (Lipinski definition) is 2. The average Bonchev–Trinajstić information content (AvgIpc) is 3.16. The first kappa shape index (κ1) is 32.4. The van der Waals surface area contributed by atoms with Crippen molar-refractivity contribution in [3.63, 3.8) is 0 Å². The number of aromatic nitrogens is 1. The second kappa shape index (κ2) is 15.4. The molecule has 1 aromatic heterocycles. The average molecular weight is 712 g/mol. The van der Waals surface area contributed by atoms with Crippen molar-refractivity contribution in [1.29, 1.82) is 0 Å². The van der Waals surface area contributed by atoms with Crippen molar-refractivity contribution in [2.75, 3.05) is 5.32 Å². The first-order valence-corrected chi connectivity index (χ1v) is 20.1. The van der Waals surface area contributed by atoms with Crippen LogP contribution in [0.25, 0.3) is 43.7 Å². The molecule has 49 heavy (non-hydrogen) atoms. The van der Waals surface area contributed by atoms with Gasteiger partial charge in [0.1, 0.15) is 0 Å². The summed E-state index contributed by atoms with van der Waals surface area (Å²) in [6, 6.07) is 58.2. The van der Waals surface area contributed by atoms with Gasteiger partial charge in [-0.2, -0.15) is 0 Å². The standard InChI is InChI=1S/C31H22N2O.2C7H7.Zr/c1-20-16-17-22-9-3-5-13-25(22)29(20)33-31(34)27-15-7-11-23-18-19-28(32-30(23)27)26-14-6-10-21-8-2-4-12-24(21)26;2*1-7-5-3-2-4-6-7;/h2-19H,1H3,(H,33,34);2*2-6H,1H2;. The molecule has 7 aromatic carbocycles. The third-order valence-corrected chi connectivity index (χ3v) is 12.0. The first-order valence-electron chi connectivity index (χ1n) is 16.6. The number of hydrogen-bond donors (Lipinski definition) is 1. The summed E-state index contributed by atoms with van der Waals surface area (Å²) in [5, 5.41) is 8.54. The minimum atomic E-state index is -0.258. The predicted octanol–water partition coefficient (Wildman–Crippen LogP) is 11.2. The monoisotopic (exact) mass is 710 g/mol. The van der Waals surface area contributed by atoms with E-state index in [9.17, 15) is 4.79 Å². The van der Waals surface area contributed by atoms with Gasteiger partial charge in [0.15, 0.2) is 0 Å². The molecule has 0 bridgehead atoms. The van der Waals surface area contributed by atoms with Crippen LogP contribution < -0.4 is 5.32 Å². The first-order chi connectivity index (χ1) is 24.1. The van der Waals surface area contributed by atoms with Crippen LogP contribution in [-0.2, 0) is 31.5 Å². The molecule has 0 atom stereocenters. The molecule has 1 N–H and O–H groups in total. The zero-order valence-electron chi connectivity index (χ0n) is 27.4. The number of pyridine rings is 1. The fourth-order valence-corrected chi connectivity index (χ4v) is 9.08. The van der Waals surface area contributed by atoms with Gasteiger partial charge in [0.2, 0.25) is 0 Å². The molecule has 0 aliphatic rings. The summed E-state index contributed by atoms with van der Waals surface area (Å²) in [5.41, 5.74) is 8.06. The SMILES string of the molecule is Cc1ccc2ccccc2c1NC(=O)c1cccc2ccc(-c3cccc4ccccc34)nc12.c1ccc([CH2][Zr][CH2]c2ccccc2)cc1. The molecular weight excluding hydrogens is 676 g/mol. The van der Waals surface area contributed by atoms with Gasteiger partial charge in [-0.1, -0.05) is 97.1 Å². The summed E-state index contributed by atoms with van der Waals surface area (Å²) in [4.78, 5) is 18.5. The zero-order valence-corrected chi connectivity index (χ0v) is 29.9. The molecule has 0 unspecified atom stereocenters. The van der Waals surface area contributed by atoms with Gasteiger partial charge in [0.25, 0.3) is 5.91 Å². The van der Waals surface area contributed by atoms with Crippen LogP contribution in [0.4, 0.5) is 5.69 Å². The van der Waals surface area contributed by atoms with Crippen LogP contribution in [0.1, 0.15) is 27.0 Å². The van der Waals surface area contributed by atoms with Gasteiger partial charge in [-0.15, -0.1) is 0 Å². The molecule has 0 saturated heterocycles. The Hall–Kier alpha value is -5.18. The normalized spacial score (nSPS) is 10.8. The van der Waals surface area contributed by atoms with Crippen LogP contribution in [-0.4, -0.2) is 10.9 Å². The number of rotatable bonds is 7. The number of carbonyl (C=O) groups excluding carboxylic acids is 1. The predicted molar refractivity (Wildman–Crippen MR) is 202 cm³/mol. The van der Waals surface area contributed by atoms with Crippen molar-refractivity contribution in [2.24, 2.45) is 0 Å². The van der Waals surface area contributed by atoms with Gasteiger partial charge in [-0.3, -0.25) is 4.79 Å². The van der Waals surface area contributed by atoms with Crippen LogP contribution in [0, 0.1) is 6.92 Å². The fraction of sp³-hybridized carbons (Fsp3) is 0.0667. The van der Waals surface area contributed by atoms with Crippen LogP contribution in [0.15, 0.2) is 170 Å². The summed E-state index contributed by atoms with van der Waals surface area (Å²) >= 11 is -0.258. The maximum atomic E-state index is 13.5. The second-order valence-electron chi connectivity index (χ2n) is 12.1. The van der Waals surface area contributed by atoms with Gasteiger partial charge in [0, 0.05) is 16.3 Å². The van der Waals surface area contributed by atoms with Crippen molar-refractivity contribution in [3.8, 4) is 11.3 Å². The van der Waals surface area contributed by atoms with Crippen molar-refractivity contribution >= 4 is 44.0 Å². The number of aryl methyl sites for hydroxylation is 1. The Labute approximate surface area is 299 Å². The third kappa shape index (κ3) is 7.61. The minimum absolute atomic E-state index is 0.160. The molecule has 0 aliphatic carbocycles. The molecule has 8 aromatic rings. The Balaban J connectivity index is 0.000000211. The topological polar surface area (TPSA) is 42.0 Å². The number of nitrogens with zero attached hydrogens (tertiary/aromatic N) is 1. The van der Waals surface area contributed by atoms with Gasteiger partial charge in [0.05, 0.1) is 22.5 Å². The molecule has 1 amide bonds. The Kier molecular flexibility index (Phi) is 10.2. The molecule has 8 rings (SSSR count). The van der Waals surface area contributed by atoms with Gasteiger partial charge in [-0.25, -0.2) is 4.98 Å². The van der Waals surface area contributed by atoms with E-state index in [4.69, 9.17) is 4.98 Å². The molecule has 0 saturated carbocycles. The Morgan fingerprint density at radius 2 is 1.10 bits per heavy atom. The Morgan fingerprint density at radius 1 is 0.551 bits per heavy atom. The number of benzene rings is 7. The molecule has 1 heterocycles. The van der Waals surface area contributed by atoms with Crippen LogP contribution >= 0.6 is 0 Å². The van der Waals surface area contributed by atoms with E-state index >= 15 is 0 Å². The maximum absolute atomic E-state index is 13.5. The number of fused-ring (bicyclic) bond motifs is 3. The van der Waals surface area contributed by atoms with Gasteiger partial charge < -0.3 is 5.32 Å². The number of carbonyl (C=O) groups is 1. The van der Waals surface area contributed by atoms with E-state index in [1.54, 1.807) is 0 Å². The van der Waals surface area contributed by atoms with E-state index in [1.165, 1.54) is 24.8 Å². The molecule has 236 valence electrons. The van der Waals surface area contributed by atoms with E-state index in [1.807, 2.05) is 79.7 Å². The van der Waals surface area contributed by atoms with Crippen molar-refractivity contribution in [2.45, 2.75) is 15.2 Å². The molecule has 0 radical (unpaired) electrons. The molecule has 4 heteroatoms. The van der Waals surface area contributed by atoms with E-state index in [-0.39, 0.29) is 29.1 Å². The van der Waals surface area contributed by atoms with E-state index in [0.717, 1.165) is 44.1 Å².